The average Bonchev–Trinajstić information content (AvgIpc) is 2.34. The Morgan fingerprint density at radius 1 is 1.58 bits per heavy atom. The molecular formula is C11H15F3N4O. The first-order valence-electron chi connectivity index (χ1n) is 5.51. The molecule has 1 aromatic heterocycles. The van der Waals surface area contributed by atoms with Crippen LogP contribution in [0.25, 0.3) is 0 Å². The molecule has 0 amide bonds. The molecule has 106 valence electrons. The number of pyridine rings is 1. The zero-order chi connectivity index (χ0) is 14.5. The lowest BCUT2D eigenvalue weighted by Gasteiger charge is -2.19. The van der Waals surface area contributed by atoms with Crippen molar-refractivity contribution in [1.82, 2.24) is 10.3 Å². The van der Waals surface area contributed by atoms with E-state index in [9.17, 15) is 13.2 Å². The number of hydrogen-bond acceptors (Lipinski definition) is 4. The molecule has 1 rings (SSSR count). The van der Waals surface area contributed by atoms with Gasteiger partial charge in [0.1, 0.15) is 5.92 Å². The molecule has 0 aliphatic rings. The number of halogens is 3. The van der Waals surface area contributed by atoms with E-state index in [0.717, 1.165) is 5.56 Å². The Hall–Kier alpha value is -1.83. The van der Waals surface area contributed by atoms with Crippen molar-refractivity contribution in [2.45, 2.75) is 19.6 Å². The number of rotatable bonds is 5. The summed E-state index contributed by atoms with van der Waals surface area (Å²) in [4.78, 5) is 4.05. The molecular weight excluding hydrogens is 261 g/mol. The second kappa shape index (κ2) is 6.37. The Kier molecular flexibility index (Phi) is 5.11. The SMILES string of the molecule is Cc1cccnc1CNCC(/C(N)=N/O)C(F)(F)F. The normalized spacial score (nSPS) is 14.4. The summed E-state index contributed by atoms with van der Waals surface area (Å²) < 4.78 is 37.9. The van der Waals surface area contributed by atoms with Crippen LogP contribution in [0.15, 0.2) is 23.5 Å². The second-order valence-corrected chi connectivity index (χ2v) is 4.02. The summed E-state index contributed by atoms with van der Waals surface area (Å²) in [5.41, 5.74) is 6.57. The highest BCUT2D eigenvalue weighted by molar-refractivity contribution is 5.83. The van der Waals surface area contributed by atoms with Gasteiger partial charge >= 0.3 is 6.18 Å². The van der Waals surface area contributed by atoms with Gasteiger partial charge in [-0.05, 0) is 18.6 Å². The molecule has 0 radical (unpaired) electrons. The summed E-state index contributed by atoms with van der Waals surface area (Å²) in [5.74, 6) is -2.89. The standard InChI is InChI=1S/C11H15F3N4O/c1-7-3-2-4-17-9(7)6-16-5-8(10(15)18-19)11(12,13)14/h2-4,8,16,19H,5-6H2,1H3,(H2,15,18). The highest BCUT2D eigenvalue weighted by atomic mass is 19.4. The van der Waals surface area contributed by atoms with Gasteiger partial charge in [-0.25, -0.2) is 0 Å². The van der Waals surface area contributed by atoms with Gasteiger partial charge in [-0.15, -0.1) is 0 Å². The van der Waals surface area contributed by atoms with Gasteiger partial charge in [-0.2, -0.15) is 13.2 Å². The minimum Gasteiger partial charge on any atom is -0.409 e. The Morgan fingerprint density at radius 3 is 2.79 bits per heavy atom. The third-order valence-electron chi connectivity index (χ3n) is 2.63. The molecule has 1 atom stereocenters. The molecule has 0 saturated carbocycles. The van der Waals surface area contributed by atoms with E-state index in [-0.39, 0.29) is 6.54 Å². The molecule has 1 aromatic rings. The van der Waals surface area contributed by atoms with Crippen LogP contribution >= 0.6 is 0 Å². The molecule has 0 fully saturated rings. The molecule has 0 aromatic carbocycles. The Bertz CT molecular complexity index is 448. The molecule has 5 nitrogen and oxygen atoms in total. The smallest absolute Gasteiger partial charge is 0.400 e. The van der Waals surface area contributed by atoms with Crippen LogP contribution < -0.4 is 11.1 Å². The van der Waals surface area contributed by atoms with Crippen LogP contribution in [0, 0.1) is 12.8 Å². The maximum Gasteiger partial charge on any atom is 0.400 e. The minimum absolute atomic E-state index is 0.179. The van der Waals surface area contributed by atoms with Crippen molar-refractivity contribution < 1.29 is 18.4 Å². The molecule has 19 heavy (non-hydrogen) atoms. The third kappa shape index (κ3) is 4.40. The highest BCUT2D eigenvalue weighted by Gasteiger charge is 2.42. The number of nitrogens with one attached hydrogen (secondary N) is 1. The number of nitrogens with zero attached hydrogens (tertiary/aromatic N) is 2. The zero-order valence-electron chi connectivity index (χ0n) is 10.3. The molecule has 4 N–H and O–H groups in total. The second-order valence-electron chi connectivity index (χ2n) is 4.02. The summed E-state index contributed by atoms with van der Waals surface area (Å²) in [6.45, 7) is 1.52. The van der Waals surface area contributed by atoms with Crippen LogP contribution in [-0.4, -0.2) is 28.7 Å². The van der Waals surface area contributed by atoms with E-state index in [2.05, 4.69) is 15.5 Å². The summed E-state index contributed by atoms with van der Waals surface area (Å²) in [7, 11) is 0. The topological polar surface area (TPSA) is 83.5 Å². The quantitative estimate of drug-likeness (QED) is 0.328. The Labute approximate surface area is 108 Å². The van der Waals surface area contributed by atoms with Gasteiger partial charge in [-0.3, -0.25) is 4.98 Å². The van der Waals surface area contributed by atoms with Crippen LogP contribution in [0.1, 0.15) is 11.3 Å². The monoisotopic (exact) mass is 276 g/mol. The van der Waals surface area contributed by atoms with Crippen molar-refractivity contribution in [1.29, 1.82) is 0 Å². The van der Waals surface area contributed by atoms with Gasteiger partial charge in [0, 0.05) is 19.3 Å². The zero-order valence-corrected chi connectivity index (χ0v) is 10.3. The third-order valence-corrected chi connectivity index (χ3v) is 2.63. The maximum absolute atomic E-state index is 12.6. The first-order valence-corrected chi connectivity index (χ1v) is 5.51. The van der Waals surface area contributed by atoms with Gasteiger partial charge in [0.25, 0.3) is 0 Å². The molecule has 8 heteroatoms. The predicted octanol–water partition coefficient (Wildman–Crippen LogP) is 1.40. The predicted molar refractivity (Wildman–Crippen MR) is 63.6 cm³/mol. The number of hydrogen-bond donors (Lipinski definition) is 3. The minimum atomic E-state index is -4.57. The van der Waals surface area contributed by atoms with E-state index in [1.54, 1.807) is 12.3 Å². The Morgan fingerprint density at radius 2 is 2.26 bits per heavy atom. The lowest BCUT2D eigenvalue weighted by atomic mass is 10.1. The van der Waals surface area contributed by atoms with Crippen molar-refractivity contribution in [3.8, 4) is 0 Å². The largest absolute Gasteiger partial charge is 0.409 e. The van der Waals surface area contributed by atoms with Gasteiger partial charge < -0.3 is 16.3 Å². The summed E-state index contributed by atoms with van der Waals surface area (Å²) >= 11 is 0. The number of nitrogens with two attached hydrogens (primary N) is 1. The van der Waals surface area contributed by atoms with Crippen molar-refractivity contribution in [3.63, 3.8) is 0 Å². The fraction of sp³-hybridized carbons (Fsp3) is 0.455. The Balaban J connectivity index is 2.61. The molecule has 1 heterocycles. The number of oxime groups is 1. The van der Waals surface area contributed by atoms with E-state index in [4.69, 9.17) is 10.9 Å². The number of amidine groups is 1. The van der Waals surface area contributed by atoms with Gasteiger partial charge in [-0.1, -0.05) is 11.2 Å². The van der Waals surface area contributed by atoms with E-state index in [1.165, 1.54) is 0 Å². The molecule has 0 aliphatic carbocycles. The molecule has 0 bridgehead atoms. The van der Waals surface area contributed by atoms with E-state index < -0.39 is 24.5 Å². The van der Waals surface area contributed by atoms with Crippen molar-refractivity contribution in [2.75, 3.05) is 6.54 Å². The number of aromatic nitrogens is 1. The number of aryl methyl sites for hydroxylation is 1. The van der Waals surface area contributed by atoms with Crippen LogP contribution in [0.2, 0.25) is 0 Å². The molecule has 0 saturated heterocycles. The summed E-state index contributed by atoms with van der Waals surface area (Å²) in [5, 5.41) is 13.4. The van der Waals surface area contributed by atoms with Crippen molar-refractivity contribution in [3.05, 3.63) is 29.6 Å². The van der Waals surface area contributed by atoms with Crippen LogP contribution in [-0.2, 0) is 6.54 Å². The van der Waals surface area contributed by atoms with Gasteiger partial charge in [0.2, 0.25) is 0 Å². The van der Waals surface area contributed by atoms with E-state index >= 15 is 0 Å². The van der Waals surface area contributed by atoms with Crippen molar-refractivity contribution >= 4 is 5.84 Å². The highest BCUT2D eigenvalue weighted by Crippen LogP contribution is 2.25. The summed E-state index contributed by atoms with van der Waals surface area (Å²) in [6, 6.07) is 3.56. The molecule has 1 unspecified atom stereocenters. The maximum atomic E-state index is 12.6. The average molecular weight is 276 g/mol. The van der Waals surface area contributed by atoms with Crippen molar-refractivity contribution in [2.24, 2.45) is 16.8 Å². The van der Waals surface area contributed by atoms with E-state index in [1.807, 2.05) is 13.0 Å². The lowest BCUT2D eigenvalue weighted by Crippen LogP contribution is -2.42. The van der Waals surface area contributed by atoms with Crippen LogP contribution in [0.3, 0.4) is 0 Å². The first-order chi connectivity index (χ1) is 8.86. The van der Waals surface area contributed by atoms with Gasteiger partial charge in [0.15, 0.2) is 5.84 Å². The molecule has 0 spiro atoms. The fourth-order valence-corrected chi connectivity index (χ4v) is 1.50. The van der Waals surface area contributed by atoms with E-state index in [0.29, 0.717) is 5.69 Å². The first kappa shape index (κ1) is 15.2. The van der Waals surface area contributed by atoms with Gasteiger partial charge in [0.05, 0.1) is 5.69 Å². The lowest BCUT2D eigenvalue weighted by molar-refractivity contribution is -0.155. The van der Waals surface area contributed by atoms with Crippen LogP contribution in [0.4, 0.5) is 13.2 Å². The summed E-state index contributed by atoms with van der Waals surface area (Å²) in [6.07, 6.45) is -3.00. The number of alkyl halides is 3. The van der Waals surface area contributed by atoms with Crippen LogP contribution in [0.5, 0.6) is 0 Å². The molecule has 0 aliphatic heterocycles. The fourth-order valence-electron chi connectivity index (χ4n) is 1.50.